The lowest BCUT2D eigenvalue weighted by molar-refractivity contribution is -0.145. The topological polar surface area (TPSA) is 98.6 Å². The van der Waals surface area contributed by atoms with Crippen LogP contribution in [0.3, 0.4) is 0 Å². The molecule has 19 heavy (non-hydrogen) atoms. The second kappa shape index (κ2) is 8.50. The van der Waals surface area contributed by atoms with Gasteiger partial charge in [0.2, 0.25) is 0 Å². The molecular weight excluding hydrogens is 244 g/mol. The number of ether oxygens (including phenoxy) is 1. The molecule has 0 saturated heterocycles. The maximum atomic E-state index is 11.5. The number of rotatable bonds is 8. The molecule has 0 bridgehead atoms. The first kappa shape index (κ1) is 15.5. The molecule has 0 amide bonds. The van der Waals surface area contributed by atoms with Crippen LogP contribution in [0.5, 0.6) is 0 Å². The van der Waals surface area contributed by atoms with E-state index in [0.717, 1.165) is 24.8 Å². The van der Waals surface area contributed by atoms with Gasteiger partial charge < -0.3 is 21.3 Å². The Labute approximate surface area is 113 Å². The molecule has 0 spiro atoms. The molecule has 0 aromatic heterocycles. The van der Waals surface area contributed by atoms with Gasteiger partial charge in [-0.15, -0.1) is 0 Å². The summed E-state index contributed by atoms with van der Waals surface area (Å²) in [6.45, 7) is 0.215. The van der Waals surface area contributed by atoms with E-state index in [1.54, 1.807) is 6.07 Å². The standard InChI is InChI=1S/C14H22N2O3/c15-12-7-5-4-6-11(12)10-19-14(18)9-3-1-2-8-13(16)17/h4-7,13,17H,1-3,8-10,15-16H2/t13-/m1/s1. The van der Waals surface area contributed by atoms with Crippen molar-refractivity contribution in [1.82, 2.24) is 0 Å². The van der Waals surface area contributed by atoms with Crippen molar-refractivity contribution in [2.24, 2.45) is 5.73 Å². The van der Waals surface area contributed by atoms with Crippen LogP contribution in [0.2, 0.25) is 0 Å². The monoisotopic (exact) mass is 266 g/mol. The highest BCUT2D eigenvalue weighted by Gasteiger charge is 2.05. The van der Waals surface area contributed by atoms with Gasteiger partial charge in [-0.05, 0) is 25.3 Å². The molecule has 1 atom stereocenters. The second-order valence-electron chi connectivity index (χ2n) is 4.53. The normalized spacial score (nSPS) is 12.1. The Morgan fingerprint density at radius 3 is 2.68 bits per heavy atom. The van der Waals surface area contributed by atoms with Crippen molar-refractivity contribution in [3.63, 3.8) is 0 Å². The minimum absolute atomic E-state index is 0.215. The summed E-state index contributed by atoms with van der Waals surface area (Å²) in [5, 5.41) is 8.87. The van der Waals surface area contributed by atoms with E-state index in [4.69, 9.17) is 21.3 Å². The summed E-state index contributed by atoms with van der Waals surface area (Å²) < 4.78 is 5.14. The van der Waals surface area contributed by atoms with E-state index in [1.165, 1.54) is 0 Å². The summed E-state index contributed by atoms with van der Waals surface area (Å²) in [6, 6.07) is 7.32. The number of carbonyl (C=O) groups is 1. The number of para-hydroxylation sites is 1. The van der Waals surface area contributed by atoms with E-state index < -0.39 is 6.23 Å². The quantitative estimate of drug-likeness (QED) is 0.287. The van der Waals surface area contributed by atoms with Crippen LogP contribution in [0.15, 0.2) is 24.3 Å². The van der Waals surface area contributed by atoms with Gasteiger partial charge in [0, 0.05) is 17.7 Å². The highest BCUT2D eigenvalue weighted by atomic mass is 16.5. The number of nitrogens with two attached hydrogens (primary N) is 2. The van der Waals surface area contributed by atoms with Crippen molar-refractivity contribution in [2.75, 3.05) is 5.73 Å². The molecule has 5 nitrogen and oxygen atoms in total. The molecule has 106 valence electrons. The SMILES string of the molecule is Nc1ccccc1COC(=O)CCCCC[C@H](N)O. The maximum absolute atomic E-state index is 11.5. The fourth-order valence-corrected chi connectivity index (χ4v) is 1.70. The average molecular weight is 266 g/mol. The number of hydrogen-bond donors (Lipinski definition) is 3. The van der Waals surface area contributed by atoms with Crippen molar-refractivity contribution in [3.8, 4) is 0 Å². The van der Waals surface area contributed by atoms with Crippen molar-refractivity contribution < 1.29 is 14.6 Å². The number of nitrogen functional groups attached to an aromatic ring is 1. The van der Waals surface area contributed by atoms with Gasteiger partial charge in [-0.3, -0.25) is 4.79 Å². The highest BCUT2D eigenvalue weighted by molar-refractivity contribution is 5.69. The van der Waals surface area contributed by atoms with E-state index in [9.17, 15) is 4.79 Å². The summed E-state index contributed by atoms with van der Waals surface area (Å²) in [5.41, 5.74) is 12.4. The molecule has 0 radical (unpaired) electrons. The Morgan fingerprint density at radius 1 is 1.26 bits per heavy atom. The van der Waals surface area contributed by atoms with Gasteiger partial charge in [-0.1, -0.05) is 24.6 Å². The van der Waals surface area contributed by atoms with Gasteiger partial charge in [0.1, 0.15) is 12.8 Å². The van der Waals surface area contributed by atoms with Crippen LogP contribution in [0.1, 0.15) is 37.7 Å². The summed E-state index contributed by atoms with van der Waals surface area (Å²) >= 11 is 0. The molecule has 0 saturated carbocycles. The zero-order valence-corrected chi connectivity index (χ0v) is 11.0. The zero-order chi connectivity index (χ0) is 14.1. The summed E-state index contributed by atoms with van der Waals surface area (Å²) in [7, 11) is 0. The molecule has 5 N–H and O–H groups in total. The van der Waals surface area contributed by atoms with Crippen LogP contribution < -0.4 is 11.5 Å². The number of aliphatic hydroxyl groups excluding tert-OH is 1. The molecule has 0 aliphatic carbocycles. The number of carbonyl (C=O) groups excluding carboxylic acids is 1. The van der Waals surface area contributed by atoms with Gasteiger partial charge in [-0.2, -0.15) is 0 Å². The lowest BCUT2D eigenvalue weighted by Crippen LogP contribution is -2.17. The van der Waals surface area contributed by atoms with E-state index in [2.05, 4.69) is 0 Å². The molecular formula is C14H22N2O3. The van der Waals surface area contributed by atoms with Crippen LogP contribution in [0.25, 0.3) is 0 Å². The zero-order valence-electron chi connectivity index (χ0n) is 11.0. The minimum Gasteiger partial charge on any atom is -0.461 e. The first-order valence-corrected chi connectivity index (χ1v) is 6.52. The van der Waals surface area contributed by atoms with Gasteiger partial charge in [0.05, 0.1) is 0 Å². The average Bonchev–Trinajstić information content (AvgIpc) is 2.37. The maximum Gasteiger partial charge on any atom is 0.306 e. The molecule has 1 aromatic carbocycles. The van der Waals surface area contributed by atoms with Crippen LogP contribution in [-0.2, 0) is 16.1 Å². The highest BCUT2D eigenvalue weighted by Crippen LogP contribution is 2.12. The fraction of sp³-hybridized carbons (Fsp3) is 0.500. The lowest BCUT2D eigenvalue weighted by atomic mass is 10.1. The first-order valence-electron chi connectivity index (χ1n) is 6.52. The summed E-state index contributed by atoms with van der Waals surface area (Å²) in [4.78, 5) is 11.5. The fourth-order valence-electron chi connectivity index (χ4n) is 1.70. The summed E-state index contributed by atoms with van der Waals surface area (Å²) in [6.07, 6.45) is 2.61. The minimum atomic E-state index is -0.756. The van der Waals surface area contributed by atoms with E-state index in [0.29, 0.717) is 18.5 Å². The van der Waals surface area contributed by atoms with Crippen molar-refractivity contribution in [1.29, 1.82) is 0 Å². The van der Waals surface area contributed by atoms with E-state index >= 15 is 0 Å². The van der Waals surface area contributed by atoms with E-state index in [1.807, 2.05) is 18.2 Å². The lowest BCUT2D eigenvalue weighted by Gasteiger charge is -2.07. The molecule has 1 rings (SSSR count). The van der Waals surface area contributed by atoms with E-state index in [-0.39, 0.29) is 12.6 Å². The number of anilines is 1. The Balaban J connectivity index is 2.13. The second-order valence-corrected chi connectivity index (χ2v) is 4.53. The molecule has 0 aliphatic rings. The van der Waals surface area contributed by atoms with Gasteiger partial charge in [0.15, 0.2) is 0 Å². The van der Waals surface area contributed by atoms with Crippen LogP contribution in [0.4, 0.5) is 5.69 Å². The Hall–Kier alpha value is -1.59. The smallest absolute Gasteiger partial charge is 0.306 e. The largest absolute Gasteiger partial charge is 0.461 e. The predicted molar refractivity (Wildman–Crippen MR) is 73.9 cm³/mol. The Kier molecular flexibility index (Phi) is 6.92. The molecule has 0 unspecified atom stereocenters. The van der Waals surface area contributed by atoms with Crippen LogP contribution >= 0.6 is 0 Å². The van der Waals surface area contributed by atoms with Gasteiger partial charge >= 0.3 is 5.97 Å². The molecule has 0 heterocycles. The van der Waals surface area contributed by atoms with Gasteiger partial charge in [-0.25, -0.2) is 0 Å². The number of benzene rings is 1. The number of hydrogen-bond acceptors (Lipinski definition) is 5. The molecule has 5 heteroatoms. The third-order valence-electron chi connectivity index (χ3n) is 2.82. The van der Waals surface area contributed by atoms with Crippen molar-refractivity contribution in [3.05, 3.63) is 29.8 Å². The van der Waals surface area contributed by atoms with Crippen molar-refractivity contribution in [2.45, 2.75) is 44.9 Å². The van der Waals surface area contributed by atoms with Crippen LogP contribution in [0, 0.1) is 0 Å². The van der Waals surface area contributed by atoms with Crippen molar-refractivity contribution >= 4 is 11.7 Å². The van der Waals surface area contributed by atoms with Crippen LogP contribution in [-0.4, -0.2) is 17.3 Å². The van der Waals surface area contributed by atoms with Gasteiger partial charge in [0.25, 0.3) is 0 Å². The molecule has 1 aromatic rings. The third-order valence-corrected chi connectivity index (χ3v) is 2.82. The number of unbranched alkanes of at least 4 members (excludes halogenated alkanes) is 2. The molecule has 0 fully saturated rings. The first-order chi connectivity index (χ1) is 9.09. The number of esters is 1. The third kappa shape index (κ3) is 6.79. The Bertz CT molecular complexity index is 394. The Morgan fingerprint density at radius 2 is 2.00 bits per heavy atom. The molecule has 0 aliphatic heterocycles. The summed E-state index contributed by atoms with van der Waals surface area (Å²) in [5.74, 6) is -0.225. The number of aliphatic hydroxyl groups is 1. The predicted octanol–water partition coefficient (Wildman–Crippen LogP) is 1.54.